The van der Waals surface area contributed by atoms with E-state index >= 15 is 0 Å². The summed E-state index contributed by atoms with van der Waals surface area (Å²) in [7, 11) is 0. The summed E-state index contributed by atoms with van der Waals surface area (Å²) >= 11 is 13.1. The highest BCUT2D eigenvalue weighted by atomic mass is 35.5. The van der Waals surface area contributed by atoms with Crippen LogP contribution in [0.1, 0.15) is 30.1 Å². The van der Waals surface area contributed by atoms with E-state index in [1.807, 2.05) is 19.1 Å². The summed E-state index contributed by atoms with van der Waals surface area (Å²) in [5.41, 5.74) is 2.76. The van der Waals surface area contributed by atoms with Gasteiger partial charge in [0.2, 0.25) is 0 Å². The van der Waals surface area contributed by atoms with Gasteiger partial charge in [0.25, 0.3) is 0 Å². The summed E-state index contributed by atoms with van der Waals surface area (Å²) in [5.74, 6) is 0.684. The number of hydrogen-bond acceptors (Lipinski definition) is 4. The van der Waals surface area contributed by atoms with E-state index in [0.29, 0.717) is 32.9 Å². The van der Waals surface area contributed by atoms with E-state index < -0.39 is 0 Å². The van der Waals surface area contributed by atoms with E-state index in [1.165, 1.54) is 0 Å². The second-order valence-electron chi connectivity index (χ2n) is 4.61. The normalized spacial score (nSPS) is 11.2. The molecule has 0 aliphatic rings. The Morgan fingerprint density at radius 1 is 1.38 bits per heavy atom. The second-order valence-corrected chi connectivity index (χ2v) is 6.36. The number of aromatic amines is 1. The van der Waals surface area contributed by atoms with Gasteiger partial charge in [-0.1, -0.05) is 30.1 Å². The zero-order valence-electron chi connectivity index (χ0n) is 11.1. The molecule has 4 nitrogen and oxygen atoms in total. The number of imidazole rings is 1. The Hall–Kier alpha value is -1.43. The molecule has 0 spiro atoms. The number of carbonyl (C=O) groups excluding carboxylic acids is 1. The van der Waals surface area contributed by atoms with Crippen LogP contribution >= 0.6 is 34.7 Å². The Bertz CT molecular complexity index is 825. The molecule has 0 aliphatic heterocycles. The maximum Gasteiger partial charge on any atom is 0.162 e. The van der Waals surface area contributed by atoms with Crippen LogP contribution in [0, 0.1) is 0 Å². The van der Waals surface area contributed by atoms with Crippen LogP contribution in [0.5, 0.6) is 0 Å². The van der Waals surface area contributed by atoms with Crippen LogP contribution in [0.4, 0.5) is 0 Å². The van der Waals surface area contributed by atoms with Crippen molar-refractivity contribution in [3.63, 3.8) is 0 Å². The first-order valence-electron chi connectivity index (χ1n) is 6.44. The van der Waals surface area contributed by atoms with Crippen LogP contribution < -0.4 is 0 Å². The van der Waals surface area contributed by atoms with Crippen LogP contribution in [0.15, 0.2) is 18.2 Å². The highest BCUT2D eigenvalue weighted by Gasteiger charge is 2.16. The number of H-pyrrole nitrogens is 1. The number of aromatic nitrogens is 3. The van der Waals surface area contributed by atoms with E-state index in [2.05, 4.69) is 14.3 Å². The quantitative estimate of drug-likeness (QED) is 0.682. The molecule has 3 rings (SSSR count). The van der Waals surface area contributed by atoms with Crippen molar-refractivity contribution in [1.29, 1.82) is 0 Å². The smallest absolute Gasteiger partial charge is 0.162 e. The minimum absolute atomic E-state index is 0.130. The number of nitrogens with one attached hydrogen (secondary N) is 1. The SMILES string of the molecule is CCCC(=O)c1ccc2nc(-c3nsc(Cl)c3Cl)[nH]c2c1. The molecule has 0 atom stereocenters. The van der Waals surface area contributed by atoms with Crippen molar-refractivity contribution in [3.05, 3.63) is 33.1 Å². The third-order valence-electron chi connectivity index (χ3n) is 3.10. The molecule has 0 aliphatic carbocycles. The van der Waals surface area contributed by atoms with Crippen LogP contribution in [0.2, 0.25) is 9.36 Å². The van der Waals surface area contributed by atoms with Gasteiger partial charge in [0.1, 0.15) is 15.1 Å². The number of fused-ring (bicyclic) bond motifs is 1. The molecule has 21 heavy (non-hydrogen) atoms. The fourth-order valence-corrected chi connectivity index (χ4v) is 3.08. The molecular weight excluding hydrogens is 329 g/mol. The Balaban J connectivity index is 2.04. The first-order chi connectivity index (χ1) is 10.1. The number of Topliss-reactive ketones (excluding diaryl/α,β-unsaturated/α-hetero) is 1. The number of halogens is 2. The fraction of sp³-hybridized carbons (Fsp3) is 0.214. The zero-order chi connectivity index (χ0) is 15.0. The van der Waals surface area contributed by atoms with Crippen molar-refractivity contribution in [2.45, 2.75) is 19.8 Å². The summed E-state index contributed by atoms with van der Waals surface area (Å²) in [6.07, 6.45) is 1.37. The Labute approximate surface area is 135 Å². The highest BCUT2D eigenvalue weighted by Crippen LogP contribution is 2.35. The first-order valence-corrected chi connectivity index (χ1v) is 7.97. The standard InChI is InChI=1S/C14H11Cl2N3OS/c1-2-3-10(20)7-4-5-8-9(6-7)18-14(17-8)12-11(15)13(16)21-19-12/h4-6H,2-3H2,1H3,(H,17,18). The average molecular weight is 340 g/mol. The molecule has 2 aromatic heterocycles. The number of benzene rings is 1. The van der Waals surface area contributed by atoms with E-state index in [9.17, 15) is 4.79 Å². The molecule has 2 heterocycles. The van der Waals surface area contributed by atoms with Gasteiger partial charge in [-0.05, 0) is 36.2 Å². The summed E-state index contributed by atoms with van der Waals surface area (Å²) in [6.45, 7) is 1.98. The lowest BCUT2D eigenvalue weighted by atomic mass is 10.1. The lowest BCUT2D eigenvalue weighted by molar-refractivity contribution is 0.0982. The Morgan fingerprint density at radius 2 is 2.19 bits per heavy atom. The predicted molar refractivity (Wildman–Crippen MR) is 86.5 cm³/mol. The topological polar surface area (TPSA) is 58.6 Å². The van der Waals surface area contributed by atoms with Crippen molar-refractivity contribution in [2.75, 3.05) is 0 Å². The van der Waals surface area contributed by atoms with Crippen LogP contribution in [-0.2, 0) is 0 Å². The molecule has 0 fully saturated rings. The monoisotopic (exact) mass is 339 g/mol. The number of nitrogens with zero attached hydrogens (tertiary/aromatic N) is 2. The Kier molecular flexibility index (Phi) is 3.97. The van der Waals surface area contributed by atoms with Crippen LogP contribution in [-0.4, -0.2) is 20.1 Å². The molecule has 1 aromatic carbocycles. The van der Waals surface area contributed by atoms with Gasteiger partial charge in [-0.3, -0.25) is 4.79 Å². The summed E-state index contributed by atoms with van der Waals surface area (Å²) in [6, 6.07) is 5.42. The minimum Gasteiger partial charge on any atom is -0.337 e. The average Bonchev–Trinajstić information content (AvgIpc) is 3.02. The minimum atomic E-state index is 0.130. The van der Waals surface area contributed by atoms with Crippen molar-refractivity contribution in [1.82, 2.24) is 14.3 Å². The summed E-state index contributed by atoms with van der Waals surface area (Å²) < 4.78 is 4.62. The number of hydrogen-bond donors (Lipinski definition) is 1. The van der Waals surface area contributed by atoms with Gasteiger partial charge in [0.15, 0.2) is 11.6 Å². The lowest BCUT2D eigenvalue weighted by Gasteiger charge is -1.98. The van der Waals surface area contributed by atoms with Crippen LogP contribution in [0.25, 0.3) is 22.6 Å². The molecule has 108 valence electrons. The molecule has 0 unspecified atom stereocenters. The van der Waals surface area contributed by atoms with Crippen molar-refractivity contribution < 1.29 is 4.79 Å². The Morgan fingerprint density at radius 3 is 2.86 bits per heavy atom. The second kappa shape index (κ2) is 5.75. The molecule has 3 aromatic rings. The third-order valence-corrected chi connectivity index (χ3v) is 4.71. The molecule has 0 saturated carbocycles. The van der Waals surface area contributed by atoms with Gasteiger partial charge in [-0.15, -0.1) is 0 Å². The third kappa shape index (κ3) is 2.69. The number of rotatable bonds is 4. The van der Waals surface area contributed by atoms with E-state index in [1.54, 1.807) is 6.07 Å². The molecule has 0 radical (unpaired) electrons. The van der Waals surface area contributed by atoms with Gasteiger partial charge in [0.05, 0.1) is 11.0 Å². The molecule has 0 amide bonds. The van der Waals surface area contributed by atoms with Crippen molar-refractivity contribution in [2.24, 2.45) is 0 Å². The maximum atomic E-state index is 11.9. The predicted octanol–water partition coefficient (Wildman–Crippen LogP) is 4.98. The van der Waals surface area contributed by atoms with E-state index in [-0.39, 0.29) is 5.78 Å². The molecule has 7 heteroatoms. The molecule has 1 N–H and O–H groups in total. The van der Waals surface area contributed by atoms with Gasteiger partial charge in [-0.2, -0.15) is 4.37 Å². The summed E-state index contributed by atoms with van der Waals surface area (Å²) in [5, 5.41) is 0.392. The molecular formula is C14H11Cl2N3OS. The van der Waals surface area contributed by atoms with E-state index in [4.69, 9.17) is 23.2 Å². The van der Waals surface area contributed by atoms with Crippen molar-refractivity contribution >= 4 is 51.6 Å². The number of ketones is 1. The fourth-order valence-electron chi connectivity index (χ4n) is 2.07. The highest BCUT2D eigenvalue weighted by molar-refractivity contribution is 7.11. The molecule has 0 saturated heterocycles. The van der Waals surface area contributed by atoms with E-state index in [0.717, 1.165) is 29.0 Å². The summed E-state index contributed by atoms with van der Waals surface area (Å²) in [4.78, 5) is 19.5. The number of carbonyl (C=O) groups is 1. The van der Waals surface area contributed by atoms with Gasteiger partial charge < -0.3 is 4.98 Å². The van der Waals surface area contributed by atoms with Crippen molar-refractivity contribution in [3.8, 4) is 11.5 Å². The lowest BCUT2D eigenvalue weighted by Crippen LogP contribution is -1.97. The maximum absolute atomic E-state index is 11.9. The zero-order valence-corrected chi connectivity index (χ0v) is 13.4. The van der Waals surface area contributed by atoms with Crippen LogP contribution in [0.3, 0.4) is 0 Å². The largest absolute Gasteiger partial charge is 0.337 e. The first kappa shape index (κ1) is 14.5. The molecule has 0 bridgehead atoms. The van der Waals surface area contributed by atoms with Gasteiger partial charge >= 0.3 is 0 Å². The van der Waals surface area contributed by atoms with Gasteiger partial charge in [0, 0.05) is 12.0 Å². The van der Waals surface area contributed by atoms with Gasteiger partial charge in [-0.25, -0.2) is 4.98 Å².